The van der Waals surface area contributed by atoms with Gasteiger partial charge in [-0.1, -0.05) is 0 Å². The molecule has 1 unspecified atom stereocenters. The molecule has 0 aromatic heterocycles. The third kappa shape index (κ3) is 5.43. The summed E-state index contributed by atoms with van der Waals surface area (Å²) in [6.45, 7) is 4.57. The minimum atomic E-state index is -0.131. The van der Waals surface area contributed by atoms with E-state index in [9.17, 15) is 0 Å². The van der Waals surface area contributed by atoms with Gasteiger partial charge in [0.25, 0.3) is 0 Å². The van der Waals surface area contributed by atoms with Crippen LogP contribution in [0.5, 0.6) is 0 Å². The molecule has 0 bridgehead atoms. The first-order valence-corrected chi connectivity index (χ1v) is 13.4. The van der Waals surface area contributed by atoms with E-state index in [2.05, 4.69) is 27.5 Å². The number of hydrogen-bond donors (Lipinski definition) is 0. The zero-order valence-corrected chi connectivity index (χ0v) is 9.78. The molecule has 1 atom stereocenters. The van der Waals surface area contributed by atoms with Crippen LogP contribution in [0.2, 0.25) is 10.6 Å². The first kappa shape index (κ1) is 8.56. The van der Waals surface area contributed by atoms with Gasteiger partial charge in [0.15, 0.2) is 0 Å². The van der Waals surface area contributed by atoms with E-state index in [1.165, 1.54) is 10.6 Å². The predicted octanol–water partition coefficient (Wildman–Crippen LogP) is 0.805. The second-order valence-corrected chi connectivity index (χ2v) is 22.1. The molecule has 0 nitrogen and oxygen atoms in total. The summed E-state index contributed by atoms with van der Waals surface area (Å²) in [7, 11) is -0.131. The zero-order valence-electron chi connectivity index (χ0n) is 4.64. The van der Waals surface area contributed by atoms with Crippen LogP contribution in [-0.2, 0) is 0 Å². The van der Waals surface area contributed by atoms with Crippen LogP contribution in [0.15, 0.2) is 0 Å². The molecular formula is C4H10Se3. The standard InChI is InChI=1S/C4H10Se3/c1-3-6-7(5)4-2/h3-4H2,1-2H3. The van der Waals surface area contributed by atoms with Crippen LogP contribution in [0.3, 0.4) is 0 Å². The van der Waals surface area contributed by atoms with Crippen LogP contribution < -0.4 is 0 Å². The van der Waals surface area contributed by atoms with Gasteiger partial charge < -0.3 is 0 Å². The molecule has 0 heterocycles. The molecule has 44 valence electrons. The van der Waals surface area contributed by atoms with Gasteiger partial charge >= 0.3 is 61.0 Å². The normalized spacial score (nSPS) is 14.0. The van der Waals surface area contributed by atoms with Crippen molar-refractivity contribution < 1.29 is 0 Å². The van der Waals surface area contributed by atoms with E-state index in [1.54, 1.807) is 0 Å². The summed E-state index contributed by atoms with van der Waals surface area (Å²) in [5.74, 6) is 0. The van der Waals surface area contributed by atoms with Crippen molar-refractivity contribution in [2.75, 3.05) is 0 Å². The van der Waals surface area contributed by atoms with Crippen molar-refractivity contribution >= 4 is 36.5 Å². The molecule has 0 aliphatic rings. The van der Waals surface area contributed by atoms with E-state index in [0.717, 1.165) is 13.1 Å². The molecule has 0 saturated carbocycles. The molecule has 0 fully saturated rings. The monoisotopic (exact) mass is 298 g/mol. The van der Waals surface area contributed by atoms with Crippen molar-refractivity contribution in [1.82, 2.24) is 0 Å². The Morgan fingerprint density at radius 3 is 2.29 bits per heavy atom. The van der Waals surface area contributed by atoms with Gasteiger partial charge in [-0.3, -0.25) is 0 Å². The van der Waals surface area contributed by atoms with Gasteiger partial charge in [-0.2, -0.15) is 0 Å². The molecule has 0 aliphatic carbocycles. The Morgan fingerprint density at radius 2 is 2.14 bits per heavy atom. The summed E-state index contributed by atoms with van der Waals surface area (Å²) >= 11 is 4.28. The summed E-state index contributed by atoms with van der Waals surface area (Å²) in [5.41, 5.74) is 0. The summed E-state index contributed by atoms with van der Waals surface area (Å²) in [6, 6.07) is 0. The Hall–Kier alpha value is 1.56. The molecule has 0 amide bonds. The van der Waals surface area contributed by atoms with Gasteiger partial charge in [0.05, 0.1) is 0 Å². The van der Waals surface area contributed by atoms with Gasteiger partial charge in [-0.25, -0.2) is 0 Å². The summed E-state index contributed by atoms with van der Waals surface area (Å²) in [5, 5.41) is 2.87. The minimum absolute atomic E-state index is 0.131. The van der Waals surface area contributed by atoms with Gasteiger partial charge in [0.1, 0.15) is 0 Å². The van der Waals surface area contributed by atoms with Crippen LogP contribution in [-0.4, -0.2) is 36.5 Å². The molecule has 7 heavy (non-hydrogen) atoms. The average molecular weight is 295 g/mol. The fourth-order valence-corrected chi connectivity index (χ4v) is 11.2. The van der Waals surface area contributed by atoms with Gasteiger partial charge in [0, 0.05) is 0 Å². The van der Waals surface area contributed by atoms with E-state index in [0.29, 0.717) is 0 Å². The van der Waals surface area contributed by atoms with Gasteiger partial charge in [-0.15, -0.1) is 0 Å². The fourth-order valence-electron chi connectivity index (χ4n) is 0.215. The van der Waals surface area contributed by atoms with E-state index in [4.69, 9.17) is 0 Å². The van der Waals surface area contributed by atoms with Crippen molar-refractivity contribution in [1.29, 1.82) is 0 Å². The van der Waals surface area contributed by atoms with Crippen molar-refractivity contribution in [3.8, 4) is 0 Å². The Morgan fingerprint density at radius 1 is 1.57 bits per heavy atom. The Bertz CT molecular complexity index is 60.0. The second kappa shape index (κ2) is 5.69. The Balaban J connectivity index is 3.00. The average Bonchev–Trinajstić information content (AvgIpc) is 1.68. The predicted molar refractivity (Wildman–Crippen MR) is 38.2 cm³/mol. The van der Waals surface area contributed by atoms with Crippen LogP contribution in [0, 0.1) is 0 Å². The SMILES string of the molecule is CC[Se][Se](=[Se])CC. The Labute approximate surface area is 60.7 Å². The first-order valence-electron chi connectivity index (χ1n) is 2.32. The third-order valence-corrected chi connectivity index (χ3v) is 18.5. The maximum atomic E-state index is 3.28. The van der Waals surface area contributed by atoms with Crippen LogP contribution in [0.1, 0.15) is 13.8 Å². The molecule has 0 aromatic carbocycles. The van der Waals surface area contributed by atoms with Crippen LogP contribution in [0.4, 0.5) is 0 Å². The first-order chi connectivity index (χ1) is 3.31. The van der Waals surface area contributed by atoms with E-state index in [-0.39, 0.29) is 9.72 Å². The molecular weight excluding hydrogens is 285 g/mol. The van der Waals surface area contributed by atoms with E-state index < -0.39 is 0 Å². The van der Waals surface area contributed by atoms with E-state index in [1.807, 2.05) is 0 Å². The molecule has 0 spiro atoms. The third-order valence-electron chi connectivity index (χ3n) is 0.485. The second-order valence-electron chi connectivity index (χ2n) is 0.999. The maximum absolute atomic E-state index is 3.28. The van der Waals surface area contributed by atoms with Crippen LogP contribution in [0.25, 0.3) is 0 Å². The quantitative estimate of drug-likeness (QED) is 0.676. The summed E-state index contributed by atoms with van der Waals surface area (Å²) in [6.07, 6.45) is 0. The van der Waals surface area contributed by atoms with Crippen molar-refractivity contribution in [3.05, 3.63) is 0 Å². The molecule has 0 N–H and O–H groups in total. The molecule has 0 radical (unpaired) electrons. The molecule has 0 aliphatic heterocycles. The van der Waals surface area contributed by atoms with Crippen molar-refractivity contribution in [3.63, 3.8) is 0 Å². The summed E-state index contributed by atoms with van der Waals surface area (Å²) < 4.78 is 0. The summed E-state index contributed by atoms with van der Waals surface area (Å²) in [4.78, 5) is 0. The van der Waals surface area contributed by atoms with Crippen molar-refractivity contribution in [2.24, 2.45) is 0 Å². The molecule has 3 heteroatoms. The van der Waals surface area contributed by atoms with Gasteiger partial charge in [-0.05, 0) is 0 Å². The number of hydrogen-bond acceptors (Lipinski definition) is 0. The van der Waals surface area contributed by atoms with Crippen molar-refractivity contribution in [2.45, 2.75) is 24.5 Å². The Kier molecular flexibility index (Phi) is 6.96. The van der Waals surface area contributed by atoms with Gasteiger partial charge in [0.2, 0.25) is 0 Å². The fraction of sp³-hybridized carbons (Fsp3) is 1.00. The topological polar surface area (TPSA) is 0 Å². The molecule has 0 rings (SSSR count). The zero-order chi connectivity index (χ0) is 5.70. The molecule has 0 aromatic rings. The molecule has 0 saturated heterocycles. The number of rotatable bonds is 3. The van der Waals surface area contributed by atoms with E-state index >= 15 is 0 Å². The van der Waals surface area contributed by atoms with Crippen LogP contribution >= 0.6 is 0 Å².